The average molecular weight is 933 g/mol. The van der Waals surface area contributed by atoms with Crippen LogP contribution in [-0.4, -0.2) is 138 Å². The molecule has 1 aromatic carbocycles. The molecule has 0 aliphatic carbocycles. The number of allylic oxidation sites excluding steroid dienone is 2. The zero-order chi connectivity index (χ0) is 49.1. The van der Waals surface area contributed by atoms with E-state index in [0.717, 1.165) is 12.7 Å². The van der Waals surface area contributed by atoms with E-state index in [1.807, 2.05) is 0 Å². The molecule has 5 atom stereocenters. The maximum Gasteiger partial charge on any atom is 0.342 e. The minimum Gasteiger partial charge on any atom is -0.507 e. The highest BCUT2D eigenvalue weighted by Gasteiger charge is 2.39. The van der Waals surface area contributed by atoms with Gasteiger partial charge in [0.2, 0.25) is 29.5 Å². The number of carbonyl (C=O) groups is 7. The second-order valence-electron chi connectivity index (χ2n) is 16.0. The molecule has 1 aromatic rings. The van der Waals surface area contributed by atoms with Gasteiger partial charge in [0.1, 0.15) is 41.8 Å². The number of aliphatic imine (C=N–C) groups is 1. The van der Waals surface area contributed by atoms with Crippen molar-refractivity contribution >= 4 is 47.4 Å². The molecule has 3 rings (SSSR count). The van der Waals surface area contributed by atoms with Gasteiger partial charge in [0, 0.05) is 50.1 Å². The fourth-order valence-corrected chi connectivity index (χ4v) is 7.58. The summed E-state index contributed by atoms with van der Waals surface area (Å²) in [6.07, 6.45) is 2.45. The van der Waals surface area contributed by atoms with Crippen LogP contribution >= 0.6 is 0 Å². The standard InChI is InChI=1S/C42H64N10O14/c1-23(13-15-26-35(56)33-27(22-66-40(33)60)24(2)36(26)64-4)14-16-32(55)47-29(11-8-20-46-42(44)50-52(62)63)39(59)51-21-9-12-30(51)38(58)48-28(10-6-7-19-45-31(54)17-18-43)37(57)49-34(25(3)53)41(61)65-5/h13,25,28-30,34,53,56H,6-12,14-22,43H2,1-5H3,(H,45,54)(H,47,55)(H,48,58)(H,49,57)(H3,44,46,50)/b23-13+. The van der Waals surface area contributed by atoms with Gasteiger partial charge in [-0.3, -0.25) is 24.0 Å². The molecule has 0 aromatic heterocycles. The molecule has 24 nitrogen and oxygen atoms in total. The Morgan fingerprint density at radius 3 is 2.41 bits per heavy atom. The summed E-state index contributed by atoms with van der Waals surface area (Å²) in [5, 5.41) is 41.6. The lowest BCUT2D eigenvalue weighted by Crippen LogP contribution is -2.58. The number of phenols is 1. The predicted octanol–water partition coefficient (Wildman–Crippen LogP) is -0.841. The monoisotopic (exact) mass is 932 g/mol. The number of hydrogen-bond acceptors (Lipinski definition) is 16. The quantitative estimate of drug-likeness (QED) is 0.0104. The van der Waals surface area contributed by atoms with Gasteiger partial charge in [0.15, 0.2) is 11.1 Å². The van der Waals surface area contributed by atoms with Gasteiger partial charge in [0.05, 0.1) is 20.3 Å². The van der Waals surface area contributed by atoms with E-state index in [4.69, 9.17) is 25.7 Å². The number of hydrazine groups is 1. The van der Waals surface area contributed by atoms with E-state index in [9.17, 15) is 53.9 Å². The molecule has 5 amide bonds. The van der Waals surface area contributed by atoms with Crippen molar-refractivity contribution in [3.05, 3.63) is 44.0 Å². The molecule has 0 radical (unpaired) electrons. The number of amides is 5. The molecule has 2 aliphatic rings. The number of hydrogen-bond donors (Lipinski definition) is 9. The highest BCUT2D eigenvalue weighted by molar-refractivity contribution is 5.98. The second-order valence-corrected chi connectivity index (χ2v) is 16.0. The molecule has 0 spiro atoms. The van der Waals surface area contributed by atoms with E-state index in [1.165, 1.54) is 18.9 Å². The molecule has 24 heteroatoms. The lowest BCUT2D eigenvalue weighted by atomic mass is 9.94. The summed E-state index contributed by atoms with van der Waals surface area (Å²) in [7, 11) is 2.54. The lowest BCUT2D eigenvalue weighted by molar-refractivity contribution is -0.525. The number of aliphatic hydroxyl groups is 1. The van der Waals surface area contributed by atoms with Crippen LogP contribution < -0.4 is 42.9 Å². The van der Waals surface area contributed by atoms with Crippen LogP contribution in [-0.2, 0) is 51.3 Å². The van der Waals surface area contributed by atoms with Gasteiger partial charge >= 0.3 is 11.9 Å². The summed E-state index contributed by atoms with van der Waals surface area (Å²) >= 11 is 0. The van der Waals surface area contributed by atoms with E-state index in [1.54, 1.807) is 25.3 Å². The van der Waals surface area contributed by atoms with Gasteiger partial charge in [-0.1, -0.05) is 17.1 Å². The first-order chi connectivity index (χ1) is 31.3. The van der Waals surface area contributed by atoms with Crippen LogP contribution in [0.25, 0.3) is 0 Å². The summed E-state index contributed by atoms with van der Waals surface area (Å²) in [6.45, 7) is 5.36. The predicted molar refractivity (Wildman–Crippen MR) is 236 cm³/mol. The number of esters is 2. The third-order valence-electron chi connectivity index (χ3n) is 11.1. The molecular weight excluding hydrogens is 869 g/mol. The smallest absolute Gasteiger partial charge is 0.342 e. The van der Waals surface area contributed by atoms with E-state index in [-0.39, 0.29) is 101 Å². The van der Waals surface area contributed by atoms with Crippen molar-refractivity contribution in [3.8, 4) is 11.5 Å². The van der Waals surface area contributed by atoms with Crippen molar-refractivity contribution in [2.45, 2.75) is 128 Å². The van der Waals surface area contributed by atoms with Gasteiger partial charge in [-0.25, -0.2) is 24.7 Å². The van der Waals surface area contributed by atoms with Gasteiger partial charge in [0.25, 0.3) is 5.96 Å². The van der Waals surface area contributed by atoms with Crippen LogP contribution in [0.2, 0.25) is 0 Å². The van der Waals surface area contributed by atoms with Crippen LogP contribution in [0.15, 0.2) is 16.6 Å². The largest absolute Gasteiger partial charge is 0.507 e. The molecule has 2 heterocycles. The Labute approximate surface area is 382 Å². The SMILES string of the molecule is COC(=O)C(NC(=O)C(CCCCNC(=O)CCN)NC(=O)C1CCCN1C(=O)C(CCCN=C(N)N[N+](=O)[O-])NC(=O)CC/C(C)=C/Cc1c(O)c2c(c(C)c1OC)COC2=O)C(C)O. The zero-order valence-corrected chi connectivity index (χ0v) is 38.1. The maximum absolute atomic E-state index is 14.3. The minimum atomic E-state index is -1.45. The Kier molecular flexibility index (Phi) is 21.5. The van der Waals surface area contributed by atoms with Gasteiger partial charge in [-0.05, 0) is 84.1 Å². The molecular formula is C42H64N10O14. The van der Waals surface area contributed by atoms with E-state index in [2.05, 4.69) is 26.3 Å². The van der Waals surface area contributed by atoms with Crippen molar-refractivity contribution in [2.75, 3.05) is 40.4 Å². The van der Waals surface area contributed by atoms with E-state index < -0.39 is 76.8 Å². The number of unbranched alkanes of at least 4 members (excludes halogenated alkanes) is 1. The third kappa shape index (κ3) is 15.6. The minimum absolute atomic E-state index is 0.000224. The third-order valence-corrected chi connectivity index (χ3v) is 11.1. The number of aliphatic hydroxyl groups excluding tert-OH is 1. The summed E-state index contributed by atoms with van der Waals surface area (Å²) < 4.78 is 15.4. The van der Waals surface area contributed by atoms with Crippen molar-refractivity contribution in [1.29, 1.82) is 0 Å². The number of ether oxygens (including phenoxy) is 3. The Morgan fingerprint density at radius 1 is 1.05 bits per heavy atom. The van der Waals surface area contributed by atoms with Crippen molar-refractivity contribution in [1.82, 2.24) is 31.6 Å². The normalized spacial score (nSPS) is 16.5. The van der Waals surface area contributed by atoms with Crippen LogP contribution in [0.4, 0.5) is 0 Å². The molecule has 0 saturated carbocycles. The topological polar surface area (TPSA) is 359 Å². The number of nitrogens with zero attached hydrogens (tertiary/aromatic N) is 3. The molecule has 11 N–H and O–H groups in total. The number of methoxy groups -OCH3 is 2. The highest BCUT2D eigenvalue weighted by atomic mass is 16.7. The number of aromatic hydroxyl groups is 1. The number of cyclic esters (lactones) is 1. The van der Waals surface area contributed by atoms with E-state index >= 15 is 0 Å². The lowest BCUT2D eigenvalue weighted by Gasteiger charge is -2.30. The van der Waals surface area contributed by atoms with E-state index in [0.29, 0.717) is 41.7 Å². The molecule has 5 unspecified atom stereocenters. The Hall–Kier alpha value is -6.56. The molecule has 366 valence electrons. The van der Waals surface area contributed by atoms with Crippen LogP contribution in [0, 0.1) is 17.0 Å². The summed E-state index contributed by atoms with van der Waals surface area (Å²) in [5.74, 6) is -4.69. The second kappa shape index (κ2) is 26.4. The summed E-state index contributed by atoms with van der Waals surface area (Å²) in [6, 6.07) is -4.94. The number of nitro groups is 1. The number of likely N-dealkylation sites (tertiary alicyclic amines) is 1. The number of nitrogens with two attached hydrogens (primary N) is 2. The number of nitrogens with one attached hydrogen (secondary N) is 5. The van der Waals surface area contributed by atoms with Gasteiger partial charge in [-0.2, -0.15) is 0 Å². The van der Waals surface area contributed by atoms with Crippen LogP contribution in [0.5, 0.6) is 11.5 Å². The first kappa shape index (κ1) is 53.8. The summed E-state index contributed by atoms with van der Waals surface area (Å²) in [5.41, 5.74) is 15.1. The number of fused-ring (bicyclic) bond motifs is 1. The number of rotatable bonds is 26. The van der Waals surface area contributed by atoms with Crippen molar-refractivity contribution < 1.29 is 63.0 Å². The fourth-order valence-electron chi connectivity index (χ4n) is 7.58. The average Bonchev–Trinajstić information content (AvgIpc) is 3.92. The Morgan fingerprint density at radius 2 is 1.76 bits per heavy atom. The molecule has 1 fully saturated rings. The van der Waals surface area contributed by atoms with Crippen molar-refractivity contribution in [3.63, 3.8) is 0 Å². The summed E-state index contributed by atoms with van der Waals surface area (Å²) in [4.78, 5) is 108. The Balaban J connectivity index is 1.78. The first-order valence-electron chi connectivity index (χ1n) is 21.7. The maximum atomic E-state index is 14.3. The Bertz CT molecular complexity index is 2010. The molecule has 66 heavy (non-hydrogen) atoms. The fraction of sp³-hybridized carbons (Fsp3) is 0.619. The number of guanidine groups is 1. The first-order valence-corrected chi connectivity index (χ1v) is 21.7. The van der Waals surface area contributed by atoms with Crippen LogP contribution in [0.1, 0.15) is 105 Å². The zero-order valence-electron chi connectivity index (χ0n) is 38.1. The molecule has 2 aliphatic heterocycles. The highest BCUT2D eigenvalue weighted by Crippen LogP contribution is 2.42. The molecule has 0 bridgehead atoms. The molecule has 1 saturated heterocycles. The number of carbonyl (C=O) groups excluding carboxylic acids is 7. The number of benzene rings is 1. The number of phenolic OH excluding ortho intramolecular Hbond substituents is 1. The van der Waals surface area contributed by atoms with Gasteiger partial charge < -0.3 is 62.1 Å². The van der Waals surface area contributed by atoms with Crippen LogP contribution in [0.3, 0.4) is 0 Å². The van der Waals surface area contributed by atoms with Crippen molar-refractivity contribution in [2.24, 2.45) is 16.5 Å². The van der Waals surface area contributed by atoms with Gasteiger partial charge in [-0.15, -0.1) is 0 Å².